The van der Waals surface area contributed by atoms with E-state index in [4.69, 9.17) is 5.11 Å². The fourth-order valence-electron chi connectivity index (χ4n) is 2.91. The quantitative estimate of drug-likeness (QED) is 0.685. The second-order valence-electron chi connectivity index (χ2n) is 4.80. The summed E-state index contributed by atoms with van der Waals surface area (Å²) in [6.45, 7) is 2.36. The van der Waals surface area contributed by atoms with Crippen LogP contribution in [0.4, 0.5) is 0 Å². The van der Waals surface area contributed by atoms with Crippen molar-refractivity contribution in [3.05, 3.63) is 0 Å². The van der Waals surface area contributed by atoms with Gasteiger partial charge in [-0.05, 0) is 31.1 Å². The lowest BCUT2D eigenvalue weighted by atomic mass is 9.78. The van der Waals surface area contributed by atoms with Crippen LogP contribution in [0.25, 0.3) is 0 Å². The van der Waals surface area contributed by atoms with Crippen molar-refractivity contribution in [3.8, 4) is 0 Å². The maximum atomic E-state index is 10.8. The summed E-state index contributed by atoms with van der Waals surface area (Å²) in [5.41, 5.74) is 0. The Morgan fingerprint density at radius 1 is 1.23 bits per heavy atom. The zero-order valence-electron chi connectivity index (χ0n) is 7.65. The molecule has 1 N–H and O–H groups in total. The number of aliphatic carboxylic acids is 1. The van der Waals surface area contributed by atoms with Gasteiger partial charge in [0.2, 0.25) is 0 Å². The smallest absolute Gasteiger partial charge is 0.308 e. The number of nitrogens with zero attached hydrogens (tertiary/aromatic N) is 1. The first-order valence-electron chi connectivity index (χ1n) is 5.22. The number of carboxylic acid groups (broad SMARTS) is 1. The molecule has 72 valence electrons. The maximum absolute atomic E-state index is 10.8. The summed E-state index contributed by atoms with van der Waals surface area (Å²) in [6, 6.07) is 0.380. The van der Waals surface area contributed by atoms with E-state index >= 15 is 0 Å². The molecular formula is C10H15NO2. The molecule has 0 aromatic rings. The molecule has 1 heterocycles. The standard InChI is InChI=1S/C10H15NO2/c12-10(13)8-1-2-9(8)11-4-6-3-7(6)5-11/h6-9H,1-5H2,(H,12,13). The highest BCUT2D eigenvalue weighted by Crippen LogP contribution is 2.48. The first kappa shape index (κ1) is 7.80. The number of carboxylic acids is 1. The number of fused-ring (bicyclic) bond motifs is 1. The Balaban J connectivity index is 1.63. The van der Waals surface area contributed by atoms with E-state index < -0.39 is 5.97 Å². The maximum Gasteiger partial charge on any atom is 0.308 e. The van der Waals surface area contributed by atoms with E-state index in [1.807, 2.05) is 0 Å². The predicted molar refractivity (Wildman–Crippen MR) is 47.3 cm³/mol. The molecule has 2 saturated carbocycles. The molecule has 2 aliphatic carbocycles. The highest BCUT2D eigenvalue weighted by atomic mass is 16.4. The lowest BCUT2D eigenvalue weighted by Gasteiger charge is -2.40. The van der Waals surface area contributed by atoms with Crippen molar-refractivity contribution in [2.45, 2.75) is 25.3 Å². The summed E-state index contributed by atoms with van der Waals surface area (Å²) < 4.78 is 0. The summed E-state index contributed by atoms with van der Waals surface area (Å²) in [6.07, 6.45) is 3.41. The van der Waals surface area contributed by atoms with E-state index in [0.29, 0.717) is 6.04 Å². The van der Waals surface area contributed by atoms with Gasteiger partial charge in [0, 0.05) is 19.1 Å². The molecule has 1 aliphatic heterocycles. The van der Waals surface area contributed by atoms with Crippen molar-refractivity contribution < 1.29 is 9.90 Å². The fraction of sp³-hybridized carbons (Fsp3) is 0.900. The van der Waals surface area contributed by atoms with Crippen LogP contribution in [0.15, 0.2) is 0 Å². The van der Waals surface area contributed by atoms with Gasteiger partial charge in [-0.2, -0.15) is 0 Å². The Kier molecular flexibility index (Phi) is 1.48. The minimum atomic E-state index is -0.586. The molecule has 0 aromatic carbocycles. The van der Waals surface area contributed by atoms with Crippen LogP contribution in [-0.4, -0.2) is 35.1 Å². The van der Waals surface area contributed by atoms with Gasteiger partial charge in [0.1, 0.15) is 0 Å². The minimum absolute atomic E-state index is 0.0579. The van der Waals surface area contributed by atoms with Gasteiger partial charge in [-0.3, -0.25) is 9.69 Å². The first-order valence-corrected chi connectivity index (χ1v) is 5.22. The number of hydrogen-bond donors (Lipinski definition) is 1. The van der Waals surface area contributed by atoms with Crippen LogP contribution in [0.1, 0.15) is 19.3 Å². The van der Waals surface area contributed by atoms with E-state index in [1.165, 1.54) is 19.5 Å². The Hall–Kier alpha value is -0.570. The van der Waals surface area contributed by atoms with Crippen LogP contribution in [0.5, 0.6) is 0 Å². The molecule has 3 rings (SSSR count). The molecule has 0 bridgehead atoms. The van der Waals surface area contributed by atoms with Gasteiger partial charge in [-0.15, -0.1) is 0 Å². The second-order valence-corrected chi connectivity index (χ2v) is 4.80. The average Bonchev–Trinajstić information content (AvgIpc) is 2.55. The van der Waals surface area contributed by atoms with Crippen molar-refractivity contribution in [3.63, 3.8) is 0 Å². The summed E-state index contributed by atoms with van der Waals surface area (Å²) in [5, 5.41) is 8.91. The third-order valence-corrected chi connectivity index (χ3v) is 4.03. The fourth-order valence-corrected chi connectivity index (χ4v) is 2.91. The van der Waals surface area contributed by atoms with E-state index in [2.05, 4.69) is 4.90 Å². The number of hydrogen-bond acceptors (Lipinski definition) is 2. The van der Waals surface area contributed by atoms with Gasteiger partial charge in [0.25, 0.3) is 0 Å². The molecule has 3 nitrogen and oxygen atoms in total. The number of carbonyl (C=O) groups is 1. The molecule has 13 heavy (non-hydrogen) atoms. The predicted octanol–water partition coefficient (Wildman–Crippen LogP) is 0.801. The summed E-state index contributed by atoms with van der Waals surface area (Å²) in [7, 11) is 0. The topological polar surface area (TPSA) is 40.5 Å². The van der Waals surface area contributed by atoms with E-state index in [0.717, 1.165) is 24.7 Å². The number of piperidine rings is 1. The normalized spacial score (nSPS) is 48.3. The van der Waals surface area contributed by atoms with Gasteiger partial charge in [0.05, 0.1) is 5.92 Å². The van der Waals surface area contributed by atoms with Crippen molar-refractivity contribution in [1.82, 2.24) is 4.90 Å². The van der Waals surface area contributed by atoms with Gasteiger partial charge in [0.15, 0.2) is 0 Å². The highest BCUT2D eigenvalue weighted by molar-refractivity contribution is 5.72. The first-order chi connectivity index (χ1) is 6.25. The molecule has 1 saturated heterocycles. The molecule has 0 spiro atoms. The summed E-state index contributed by atoms with van der Waals surface area (Å²) in [5.74, 6) is 1.21. The van der Waals surface area contributed by atoms with Gasteiger partial charge in [-0.1, -0.05) is 0 Å². The van der Waals surface area contributed by atoms with Crippen LogP contribution >= 0.6 is 0 Å². The van der Waals surface area contributed by atoms with Crippen molar-refractivity contribution in [2.75, 3.05) is 13.1 Å². The third-order valence-electron chi connectivity index (χ3n) is 4.03. The zero-order chi connectivity index (χ0) is 9.00. The number of likely N-dealkylation sites (tertiary alicyclic amines) is 1. The molecule has 0 aromatic heterocycles. The monoisotopic (exact) mass is 181 g/mol. The lowest BCUT2D eigenvalue weighted by molar-refractivity contribution is -0.148. The van der Waals surface area contributed by atoms with Crippen LogP contribution in [0, 0.1) is 17.8 Å². The SMILES string of the molecule is O=C(O)C1CCC1N1CC2CC2C1. The molecule has 0 radical (unpaired) electrons. The molecule has 4 atom stereocenters. The van der Waals surface area contributed by atoms with Crippen LogP contribution < -0.4 is 0 Å². The largest absolute Gasteiger partial charge is 0.481 e. The summed E-state index contributed by atoms with van der Waals surface area (Å²) in [4.78, 5) is 13.2. The lowest BCUT2D eigenvalue weighted by Crippen LogP contribution is -2.49. The van der Waals surface area contributed by atoms with Crippen molar-refractivity contribution in [1.29, 1.82) is 0 Å². The second kappa shape index (κ2) is 2.47. The average molecular weight is 181 g/mol. The Bertz CT molecular complexity index is 243. The number of rotatable bonds is 2. The van der Waals surface area contributed by atoms with Crippen LogP contribution in [-0.2, 0) is 4.79 Å². The van der Waals surface area contributed by atoms with Crippen LogP contribution in [0.3, 0.4) is 0 Å². The van der Waals surface area contributed by atoms with Crippen LogP contribution in [0.2, 0.25) is 0 Å². The molecule has 0 amide bonds. The van der Waals surface area contributed by atoms with Gasteiger partial charge < -0.3 is 5.11 Å². The van der Waals surface area contributed by atoms with Gasteiger partial charge >= 0.3 is 5.97 Å². The summed E-state index contributed by atoms with van der Waals surface area (Å²) >= 11 is 0. The zero-order valence-corrected chi connectivity index (χ0v) is 7.65. The molecular weight excluding hydrogens is 166 g/mol. The van der Waals surface area contributed by atoms with E-state index in [1.54, 1.807) is 0 Å². The Morgan fingerprint density at radius 3 is 2.38 bits per heavy atom. The highest BCUT2D eigenvalue weighted by Gasteiger charge is 2.50. The Morgan fingerprint density at radius 2 is 1.92 bits per heavy atom. The molecule has 3 heteroatoms. The molecule has 3 fully saturated rings. The van der Waals surface area contributed by atoms with Crippen molar-refractivity contribution in [2.24, 2.45) is 17.8 Å². The Labute approximate surface area is 77.7 Å². The van der Waals surface area contributed by atoms with Crippen molar-refractivity contribution >= 4 is 5.97 Å². The van der Waals surface area contributed by atoms with E-state index in [-0.39, 0.29) is 5.92 Å². The third kappa shape index (κ3) is 1.10. The van der Waals surface area contributed by atoms with Gasteiger partial charge in [-0.25, -0.2) is 0 Å². The molecule has 3 aliphatic rings. The minimum Gasteiger partial charge on any atom is -0.481 e. The van der Waals surface area contributed by atoms with E-state index in [9.17, 15) is 4.79 Å². The molecule has 4 unspecified atom stereocenters.